The lowest BCUT2D eigenvalue weighted by Crippen LogP contribution is -2.36. The van der Waals surface area contributed by atoms with E-state index in [9.17, 15) is 0 Å². The molecule has 1 unspecified atom stereocenters. The molecule has 1 saturated heterocycles. The summed E-state index contributed by atoms with van der Waals surface area (Å²) in [6.45, 7) is 2.87. The van der Waals surface area contributed by atoms with E-state index in [-0.39, 0.29) is 0 Å². The topological polar surface area (TPSA) is 38.5 Å². The lowest BCUT2D eigenvalue weighted by Gasteiger charge is -2.32. The van der Waals surface area contributed by atoms with Gasteiger partial charge in [0.2, 0.25) is 0 Å². The second-order valence-corrected chi connectivity index (χ2v) is 5.48. The van der Waals surface area contributed by atoms with E-state index in [4.69, 9.17) is 10.5 Å². The molecule has 1 aromatic carbocycles. The number of ether oxygens (including phenoxy) is 1. The van der Waals surface area contributed by atoms with Gasteiger partial charge in [0, 0.05) is 18.3 Å². The third-order valence-corrected chi connectivity index (χ3v) is 4.09. The molecule has 1 atom stereocenters. The second-order valence-electron chi connectivity index (χ2n) is 5.48. The van der Waals surface area contributed by atoms with Crippen molar-refractivity contribution in [1.29, 1.82) is 0 Å². The summed E-state index contributed by atoms with van der Waals surface area (Å²) in [6, 6.07) is 8.75. The fraction of sp³-hybridized carbons (Fsp3) is 0.625. The SMILES string of the molecule is CN1CCCCC1CCOCCc1ccccc1N. The van der Waals surface area contributed by atoms with Crippen molar-refractivity contribution in [1.82, 2.24) is 4.90 Å². The first kappa shape index (κ1) is 14.4. The molecule has 0 amide bonds. The van der Waals surface area contributed by atoms with E-state index in [0.717, 1.165) is 37.8 Å². The summed E-state index contributed by atoms with van der Waals surface area (Å²) in [6.07, 6.45) is 6.11. The smallest absolute Gasteiger partial charge is 0.0507 e. The van der Waals surface area contributed by atoms with Crippen LogP contribution in [0.3, 0.4) is 0 Å². The summed E-state index contributed by atoms with van der Waals surface area (Å²) in [5, 5.41) is 0. The molecule has 19 heavy (non-hydrogen) atoms. The molecule has 0 aliphatic carbocycles. The van der Waals surface area contributed by atoms with Crippen LogP contribution < -0.4 is 5.73 Å². The number of benzene rings is 1. The molecule has 2 rings (SSSR count). The number of anilines is 1. The molecule has 0 aromatic heterocycles. The van der Waals surface area contributed by atoms with Crippen molar-refractivity contribution < 1.29 is 4.74 Å². The van der Waals surface area contributed by atoms with Crippen molar-refractivity contribution in [2.75, 3.05) is 32.5 Å². The van der Waals surface area contributed by atoms with Crippen LogP contribution in [0, 0.1) is 0 Å². The van der Waals surface area contributed by atoms with Gasteiger partial charge < -0.3 is 15.4 Å². The maximum Gasteiger partial charge on any atom is 0.0507 e. The van der Waals surface area contributed by atoms with Crippen LogP contribution in [0.15, 0.2) is 24.3 Å². The van der Waals surface area contributed by atoms with Crippen LogP contribution in [-0.4, -0.2) is 37.7 Å². The third kappa shape index (κ3) is 4.51. The van der Waals surface area contributed by atoms with Crippen molar-refractivity contribution in [2.24, 2.45) is 0 Å². The molecule has 1 heterocycles. The van der Waals surface area contributed by atoms with Gasteiger partial charge in [0.1, 0.15) is 0 Å². The van der Waals surface area contributed by atoms with E-state index >= 15 is 0 Å². The Morgan fingerprint density at radius 2 is 2.11 bits per heavy atom. The minimum atomic E-state index is 0.718. The Labute approximate surface area is 116 Å². The zero-order valence-electron chi connectivity index (χ0n) is 12.0. The number of nitrogens with zero attached hydrogens (tertiary/aromatic N) is 1. The monoisotopic (exact) mass is 262 g/mol. The number of nitrogen functional groups attached to an aromatic ring is 1. The first-order valence-corrected chi connectivity index (χ1v) is 7.39. The molecule has 0 saturated carbocycles. The number of para-hydroxylation sites is 1. The van der Waals surface area contributed by atoms with E-state index in [1.807, 2.05) is 18.2 Å². The van der Waals surface area contributed by atoms with Gasteiger partial charge >= 0.3 is 0 Å². The van der Waals surface area contributed by atoms with Crippen LogP contribution in [0.4, 0.5) is 5.69 Å². The average molecular weight is 262 g/mol. The fourth-order valence-electron chi connectivity index (χ4n) is 2.77. The normalized spacial score (nSPS) is 20.6. The van der Waals surface area contributed by atoms with E-state index in [1.165, 1.54) is 31.4 Å². The van der Waals surface area contributed by atoms with Gasteiger partial charge in [0.15, 0.2) is 0 Å². The second kappa shape index (κ2) is 7.51. The molecule has 3 heteroatoms. The number of likely N-dealkylation sites (tertiary alicyclic amines) is 1. The lowest BCUT2D eigenvalue weighted by atomic mass is 10.0. The summed E-state index contributed by atoms with van der Waals surface area (Å²) in [4.78, 5) is 2.47. The Hall–Kier alpha value is -1.06. The summed E-state index contributed by atoms with van der Waals surface area (Å²) < 4.78 is 5.76. The minimum absolute atomic E-state index is 0.718. The predicted octanol–water partition coefficient (Wildman–Crippen LogP) is 2.70. The molecule has 0 radical (unpaired) electrons. The molecule has 1 aliphatic rings. The first-order valence-electron chi connectivity index (χ1n) is 7.39. The van der Waals surface area contributed by atoms with Crippen molar-refractivity contribution in [3.8, 4) is 0 Å². The van der Waals surface area contributed by atoms with Crippen LogP contribution in [0.5, 0.6) is 0 Å². The maximum atomic E-state index is 5.91. The Balaban J connectivity index is 1.61. The van der Waals surface area contributed by atoms with E-state index in [0.29, 0.717) is 0 Å². The van der Waals surface area contributed by atoms with Crippen molar-refractivity contribution >= 4 is 5.69 Å². The van der Waals surface area contributed by atoms with Gasteiger partial charge in [0.05, 0.1) is 6.61 Å². The van der Waals surface area contributed by atoms with Crippen LogP contribution in [0.1, 0.15) is 31.2 Å². The van der Waals surface area contributed by atoms with Gasteiger partial charge in [-0.25, -0.2) is 0 Å². The molecule has 0 bridgehead atoms. The van der Waals surface area contributed by atoms with Crippen LogP contribution in [-0.2, 0) is 11.2 Å². The molecule has 2 N–H and O–H groups in total. The molecule has 0 spiro atoms. The Kier molecular flexibility index (Phi) is 5.67. The van der Waals surface area contributed by atoms with E-state index in [2.05, 4.69) is 18.0 Å². The van der Waals surface area contributed by atoms with E-state index in [1.54, 1.807) is 0 Å². The third-order valence-electron chi connectivity index (χ3n) is 4.09. The van der Waals surface area contributed by atoms with Crippen molar-refractivity contribution in [3.63, 3.8) is 0 Å². The molecular formula is C16H26N2O. The zero-order chi connectivity index (χ0) is 13.5. The van der Waals surface area contributed by atoms with Gasteiger partial charge in [-0.1, -0.05) is 24.6 Å². The summed E-state index contributed by atoms with van der Waals surface area (Å²) in [5.74, 6) is 0. The largest absolute Gasteiger partial charge is 0.399 e. The average Bonchev–Trinajstić information content (AvgIpc) is 2.42. The Bertz CT molecular complexity index is 381. The quantitative estimate of drug-likeness (QED) is 0.633. The minimum Gasteiger partial charge on any atom is -0.399 e. The number of piperidine rings is 1. The van der Waals surface area contributed by atoms with Gasteiger partial charge in [-0.2, -0.15) is 0 Å². The highest BCUT2D eigenvalue weighted by molar-refractivity contribution is 5.46. The van der Waals surface area contributed by atoms with Crippen molar-refractivity contribution in [2.45, 2.75) is 38.1 Å². The molecular weight excluding hydrogens is 236 g/mol. The maximum absolute atomic E-state index is 5.91. The number of nitrogens with two attached hydrogens (primary N) is 1. The Morgan fingerprint density at radius 3 is 2.89 bits per heavy atom. The van der Waals surface area contributed by atoms with Gasteiger partial charge in [-0.3, -0.25) is 0 Å². The molecule has 1 aliphatic heterocycles. The molecule has 1 aromatic rings. The van der Waals surface area contributed by atoms with Crippen LogP contribution in [0.2, 0.25) is 0 Å². The van der Waals surface area contributed by atoms with E-state index < -0.39 is 0 Å². The summed E-state index contributed by atoms with van der Waals surface area (Å²) in [7, 11) is 2.23. The highest BCUT2D eigenvalue weighted by Crippen LogP contribution is 2.17. The highest BCUT2D eigenvalue weighted by atomic mass is 16.5. The standard InChI is InChI=1S/C16H26N2O/c1-18-11-5-4-7-15(18)10-13-19-12-9-14-6-2-3-8-16(14)17/h2-3,6,8,15H,4-5,7,9-13,17H2,1H3. The Morgan fingerprint density at radius 1 is 1.26 bits per heavy atom. The van der Waals surface area contributed by atoms with Crippen molar-refractivity contribution in [3.05, 3.63) is 29.8 Å². The zero-order valence-corrected chi connectivity index (χ0v) is 12.0. The number of rotatable bonds is 6. The van der Waals surface area contributed by atoms with Gasteiger partial charge in [0.25, 0.3) is 0 Å². The van der Waals surface area contributed by atoms with Gasteiger partial charge in [-0.15, -0.1) is 0 Å². The molecule has 3 nitrogen and oxygen atoms in total. The molecule has 106 valence electrons. The lowest BCUT2D eigenvalue weighted by molar-refractivity contribution is 0.0938. The van der Waals surface area contributed by atoms with Crippen LogP contribution >= 0.6 is 0 Å². The summed E-state index contributed by atoms with van der Waals surface area (Å²) in [5.41, 5.74) is 7.97. The first-order chi connectivity index (χ1) is 9.27. The van der Waals surface area contributed by atoms with Crippen LogP contribution in [0.25, 0.3) is 0 Å². The number of hydrogen-bond donors (Lipinski definition) is 1. The highest BCUT2D eigenvalue weighted by Gasteiger charge is 2.17. The summed E-state index contributed by atoms with van der Waals surface area (Å²) >= 11 is 0. The molecule has 1 fully saturated rings. The van der Waals surface area contributed by atoms with Gasteiger partial charge in [-0.05, 0) is 50.9 Å². The number of hydrogen-bond acceptors (Lipinski definition) is 3. The predicted molar refractivity (Wildman–Crippen MR) is 80.3 cm³/mol. The fourth-order valence-corrected chi connectivity index (χ4v) is 2.77.